The molecule has 0 aliphatic carbocycles. The van der Waals surface area contributed by atoms with Gasteiger partial charge in [-0.05, 0) is 24.1 Å². The fourth-order valence-corrected chi connectivity index (χ4v) is 3.30. The lowest BCUT2D eigenvalue weighted by molar-refractivity contribution is -0.133. The molecule has 0 saturated carbocycles. The molecule has 0 aromatic heterocycles. The second-order valence-corrected chi connectivity index (χ2v) is 7.18. The SMILES string of the molecule is O=C(CN1CCN(C(=O)CCCOc2ccccc2)CC1)NCc1ccccc1. The first kappa shape index (κ1) is 20.9. The van der Waals surface area contributed by atoms with E-state index in [0.29, 0.717) is 45.6 Å². The normalized spacial score (nSPS) is 14.4. The number of hydrogen-bond acceptors (Lipinski definition) is 4. The van der Waals surface area contributed by atoms with Gasteiger partial charge in [0.15, 0.2) is 0 Å². The van der Waals surface area contributed by atoms with E-state index in [0.717, 1.165) is 24.4 Å². The molecule has 154 valence electrons. The van der Waals surface area contributed by atoms with E-state index in [1.54, 1.807) is 0 Å². The molecule has 6 nitrogen and oxygen atoms in total. The van der Waals surface area contributed by atoms with E-state index in [1.807, 2.05) is 65.6 Å². The molecule has 0 spiro atoms. The van der Waals surface area contributed by atoms with Crippen LogP contribution in [-0.2, 0) is 16.1 Å². The van der Waals surface area contributed by atoms with Gasteiger partial charge in [0.1, 0.15) is 5.75 Å². The fourth-order valence-electron chi connectivity index (χ4n) is 3.30. The highest BCUT2D eigenvalue weighted by Crippen LogP contribution is 2.10. The number of carbonyl (C=O) groups excluding carboxylic acids is 2. The zero-order chi connectivity index (χ0) is 20.3. The number of rotatable bonds is 9. The third-order valence-electron chi connectivity index (χ3n) is 4.97. The predicted octanol–water partition coefficient (Wildman–Crippen LogP) is 2.31. The first-order valence-electron chi connectivity index (χ1n) is 10.2. The Kier molecular flexibility index (Phi) is 8.07. The molecule has 1 heterocycles. The van der Waals surface area contributed by atoms with Crippen molar-refractivity contribution in [3.8, 4) is 5.75 Å². The quantitative estimate of drug-likeness (QED) is 0.662. The number of nitrogens with zero attached hydrogens (tertiary/aromatic N) is 2. The van der Waals surface area contributed by atoms with Crippen LogP contribution in [0.5, 0.6) is 5.75 Å². The standard InChI is InChI=1S/C23H29N3O3/c27-22(24-18-20-8-3-1-4-9-20)19-25-13-15-26(16-14-25)23(28)12-7-17-29-21-10-5-2-6-11-21/h1-6,8-11H,7,12-19H2,(H,24,27). The van der Waals surface area contributed by atoms with Gasteiger partial charge in [-0.3, -0.25) is 14.5 Å². The van der Waals surface area contributed by atoms with Crippen LogP contribution in [0.3, 0.4) is 0 Å². The van der Waals surface area contributed by atoms with Crippen molar-refractivity contribution in [1.82, 2.24) is 15.1 Å². The van der Waals surface area contributed by atoms with Crippen molar-refractivity contribution in [2.45, 2.75) is 19.4 Å². The predicted molar refractivity (Wildman–Crippen MR) is 112 cm³/mol. The number of hydrogen-bond donors (Lipinski definition) is 1. The average Bonchev–Trinajstić information content (AvgIpc) is 2.77. The minimum atomic E-state index is 0.0201. The Bertz CT molecular complexity index is 759. The van der Waals surface area contributed by atoms with Gasteiger partial charge in [0.05, 0.1) is 13.2 Å². The van der Waals surface area contributed by atoms with Gasteiger partial charge in [0.2, 0.25) is 11.8 Å². The molecule has 2 aromatic carbocycles. The summed E-state index contributed by atoms with van der Waals surface area (Å²) in [5.74, 6) is 1.01. The molecule has 0 radical (unpaired) electrons. The van der Waals surface area contributed by atoms with E-state index in [1.165, 1.54) is 0 Å². The molecule has 29 heavy (non-hydrogen) atoms. The second kappa shape index (κ2) is 11.2. The van der Waals surface area contributed by atoms with E-state index in [2.05, 4.69) is 10.2 Å². The number of benzene rings is 2. The van der Waals surface area contributed by atoms with Crippen LogP contribution in [0.4, 0.5) is 0 Å². The highest BCUT2D eigenvalue weighted by atomic mass is 16.5. The van der Waals surface area contributed by atoms with Crippen molar-refractivity contribution in [3.05, 3.63) is 66.2 Å². The fraction of sp³-hybridized carbons (Fsp3) is 0.391. The molecule has 3 rings (SSSR count). The average molecular weight is 396 g/mol. The molecule has 0 atom stereocenters. The minimum Gasteiger partial charge on any atom is -0.494 e. The molecular weight excluding hydrogens is 366 g/mol. The maximum Gasteiger partial charge on any atom is 0.234 e. The maximum absolute atomic E-state index is 12.4. The third kappa shape index (κ3) is 7.23. The first-order valence-corrected chi connectivity index (χ1v) is 10.2. The van der Waals surface area contributed by atoms with E-state index >= 15 is 0 Å². The van der Waals surface area contributed by atoms with Gasteiger partial charge in [-0.1, -0.05) is 48.5 Å². The van der Waals surface area contributed by atoms with Crippen LogP contribution < -0.4 is 10.1 Å². The largest absolute Gasteiger partial charge is 0.494 e. The Balaban J connectivity index is 1.28. The number of nitrogens with one attached hydrogen (secondary N) is 1. The zero-order valence-corrected chi connectivity index (χ0v) is 16.8. The van der Waals surface area contributed by atoms with Crippen LogP contribution in [0.1, 0.15) is 18.4 Å². The van der Waals surface area contributed by atoms with Crippen molar-refractivity contribution in [3.63, 3.8) is 0 Å². The number of ether oxygens (including phenoxy) is 1. The molecule has 6 heteroatoms. The lowest BCUT2D eigenvalue weighted by Crippen LogP contribution is -2.51. The highest BCUT2D eigenvalue weighted by molar-refractivity contribution is 5.78. The van der Waals surface area contributed by atoms with Crippen molar-refractivity contribution >= 4 is 11.8 Å². The smallest absolute Gasteiger partial charge is 0.234 e. The molecular formula is C23H29N3O3. The van der Waals surface area contributed by atoms with Gasteiger partial charge >= 0.3 is 0 Å². The molecule has 2 aromatic rings. The van der Waals surface area contributed by atoms with Crippen molar-refractivity contribution < 1.29 is 14.3 Å². The van der Waals surface area contributed by atoms with Crippen molar-refractivity contribution in [2.75, 3.05) is 39.3 Å². The van der Waals surface area contributed by atoms with Crippen LogP contribution >= 0.6 is 0 Å². The molecule has 1 aliphatic rings. The summed E-state index contributed by atoms with van der Waals surface area (Å²) in [4.78, 5) is 28.5. The number of para-hydroxylation sites is 1. The van der Waals surface area contributed by atoms with Gasteiger partial charge in [-0.2, -0.15) is 0 Å². The van der Waals surface area contributed by atoms with Gasteiger partial charge in [-0.25, -0.2) is 0 Å². The molecule has 0 bridgehead atoms. The summed E-state index contributed by atoms with van der Waals surface area (Å²) in [7, 11) is 0. The second-order valence-electron chi connectivity index (χ2n) is 7.18. The van der Waals surface area contributed by atoms with Crippen LogP contribution in [0, 0.1) is 0 Å². The summed E-state index contributed by atoms with van der Waals surface area (Å²) in [5, 5.41) is 2.95. The van der Waals surface area contributed by atoms with Crippen LogP contribution in [0.2, 0.25) is 0 Å². The molecule has 1 N–H and O–H groups in total. The van der Waals surface area contributed by atoms with E-state index in [-0.39, 0.29) is 11.8 Å². The number of amides is 2. The van der Waals surface area contributed by atoms with E-state index in [9.17, 15) is 9.59 Å². The summed E-state index contributed by atoms with van der Waals surface area (Å²) < 4.78 is 5.64. The summed E-state index contributed by atoms with van der Waals surface area (Å²) in [5.41, 5.74) is 1.09. The summed E-state index contributed by atoms with van der Waals surface area (Å²) in [6.07, 6.45) is 1.19. The monoisotopic (exact) mass is 395 g/mol. The van der Waals surface area contributed by atoms with Crippen molar-refractivity contribution in [1.29, 1.82) is 0 Å². The molecule has 1 fully saturated rings. The Morgan fingerprint density at radius 3 is 2.24 bits per heavy atom. The van der Waals surface area contributed by atoms with Gasteiger partial charge in [0.25, 0.3) is 0 Å². The minimum absolute atomic E-state index is 0.0201. The zero-order valence-electron chi connectivity index (χ0n) is 16.8. The van der Waals surface area contributed by atoms with E-state index in [4.69, 9.17) is 4.74 Å². The van der Waals surface area contributed by atoms with Gasteiger partial charge < -0.3 is 15.0 Å². The van der Waals surface area contributed by atoms with Crippen LogP contribution in [-0.4, -0.2) is 60.9 Å². The summed E-state index contributed by atoms with van der Waals surface area (Å²) >= 11 is 0. The summed E-state index contributed by atoms with van der Waals surface area (Å²) in [6, 6.07) is 19.5. The Morgan fingerprint density at radius 2 is 1.55 bits per heavy atom. The van der Waals surface area contributed by atoms with Crippen LogP contribution in [0.25, 0.3) is 0 Å². The Labute approximate surface area is 172 Å². The highest BCUT2D eigenvalue weighted by Gasteiger charge is 2.22. The topological polar surface area (TPSA) is 61.9 Å². The van der Waals surface area contributed by atoms with Gasteiger partial charge in [-0.15, -0.1) is 0 Å². The van der Waals surface area contributed by atoms with Crippen LogP contribution in [0.15, 0.2) is 60.7 Å². The number of carbonyl (C=O) groups is 2. The number of piperazine rings is 1. The van der Waals surface area contributed by atoms with Crippen molar-refractivity contribution in [2.24, 2.45) is 0 Å². The Hall–Kier alpha value is -2.86. The molecule has 0 unspecified atom stereocenters. The first-order chi connectivity index (χ1) is 14.2. The lowest BCUT2D eigenvalue weighted by Gasteiger charge is -2.34. The molecule has 1 saturated heterocycles. The Morgan fingerprint density at radius 1 is 0.897 bits per heavy atom. The van der Waals surface area contributed by atoms with Gasteiger partial charge in [0, 0.05) is 39.1 Å². The maximum atomic E-state index is 12.4. The van der Waals surface area contributed by atoms with E-state index < -0.39 is 0 Å². The lowest BCUT2D eigenvalue weighted by atomic mass is 10.2. The third-order valence-corrected chi connectivity index (χ3v) is 4.97. The summed E-state index contributed by atoms with van der Waals surface area (Å²) in [6.45, 7) is 4.25. The molecule has 1 aliphatic heterocycles. The molecule has 2 amide bonds.